The predicted molar refractivity (Wildman–Crippen MR) is 142 cm³/mol. The Morgan fingerprint density at radius 3 is 2.43 bits per heavy atom. The van der Waals surface area contributed by atoms with Gasteiger partial charge in [-0.15, -0.1) is 0 Å². The standard InChI is InChI=1S/C25H33Cl2N3O4S/c1-5-13-28-25(32)19(3)29(17-20-11-12-21(26)16-23(20)27)24(31)10-7-14-30(35(4,33)34)22-9-6-8-18(2)15-22/h6,8-9,11-12,15-16,19H,5,7,10,13-14,17H2,1-4H3,(H,28,32)/t19-/m1/s1. The molecule has 35 heavy (non-hydrogen) atoms. The highest BCUT2D eigenvalue weighted by Crippen LogP contribution is 2.24. The van der Waals surface area contributed by atoms with E-state index in [4.69, 9.17) is 23.2 Å². The molecule has 10 heteroatoms. The number of anilines is 1. The number of rotatable bonds is 12. The van der Waals surface area contributed by atoms with Crippen molar-refractivity contribution in [2.45, 2.75) is 52.6 Å². The monoisotopic (exact) mass is 541 g/mol. The van der Waals surface area contributed by atoms with Crippen molar-refractivity contribution in [1.82, 2.24) is 10.2 Å². The molecule has 0 bridgehead atoms. The van der Waals surface area contributed by atoms with Gasteiger partial charge < -0.3 is 10.2 Å². The van der Waals surface area contributed by atoms with Crippen molar-refractivity contribution < 1.29 is 18.0 Å². The Morgan fingerprint density at radius 1 is 1.11 bits per heavy atom. The second-order valence-corrected chi connectivity index (χ2v) is 11.3. The number of hydrogen-bond acceptors (Lipinski definition) is 4. The maximum atomic E-state index is 13.3. The molecule has 0 fully saturated rings. The average molecular weight is 543 g/mol. The van der Waals surface area contributed by atoms with Crippen LogP contribution in [0.5, 0.6) is 0 Å². The van der Waals surface area contributed by atoms with E-state index in [2.05, 4.69) is 5.32 Å². The van der Waals surface area contributed by atoms with E-state index in [0.29, 0.717) is 27.8 Å². The fourth-order valence-electron chi connectivity index (χ4n) is 3.60. The number of aryl methyl sites for hydroxylation is 1. The number of benzene rings is 2. The normalized spacial score (nSPS) is 12.2. The van der Waals surface area contributed by atoms with Gasteiger partial charge in [-0.2, -0.15) is 0 Å². The van der Waals surface area contributed by atoms with Crippen molar-refractivity contribution in [3.8, 4) is 0 Å². The lowest BCUT2D eigenvalue weighted by Crippen LogP contribution is -2.48. The third-order valence-electron chi connectivity index (χ3n) is 5.51. The molecule has 0 unspecified atom stereocenters. The van der Waals surface area contributed by atoms with Gasteiger partial charge in [0.2, 0.25) is 21.8 Å². The number of nitrogens with zero attached hydrogens (tertiary/aromatic N) is 2. The van der Waals surface area contributed by atoms with Crippen molar-refractivity contribution in [2.24, 2.45) is 0 Å². The summed E-state index contributed by atoms with van der Waals surface area (Å²) in [6.07, 6.45) is 2.27. The Kier molecular flexibility index (Phi) is 10.9. The molecule has 192 valence electrons. The van der Waals surface area contributed by atoms with Crippen molar-refractivity contribution >= 4 is 50.7 Å². The minimum Gasteiger partial charge on any atom is -0.354 e. The maximum Gasteiger partial charge on any atom is 0.242 e. The molecule has 0 aliphatic carbocycles. The number of halogens is 2. The van der Waals surface area contributed by atoms with E-state index in [1.54, 1.807) is 43.3 Å². The van der Waals surface area contributed by atoms with Gasteiger partial charge in [0.25, 0.3) is 0 Å². The minimum atomic E-state index is -3.54. The fraction of sp³-hybridized carbons (Fsp3) is 0.440. The minimum absolute atomic E-state index is 0.0639. The van der Waals surface area contributed by atoms with Crippen LogP contribution in [0.15, 0.2) is 42.5 Å². The van der Waals surface area contributed by atoms with Crippen LogP contribution < -0.4 is 9.62 Å². The zero-order valence-corrected chi connectivity index (χ0v) is 22.9. The Bertz CT molecular complexity index is 1140. The van der Waals surface area contributed by atoms with Crippen LogP contribution in [0.2, 0.25) is 10.0 Å². The summed E-state index contributed by atoms with van der Waals surface area (Å²) in [5, 5.41) is 3.70. The Labute approximate surface area is 218 Å². The van der Waals surface area contributed by atoms with Crippen LogP contribution in [0.25, 0.3) is 0 Å². The van der Waals surface area contributed by atoms with Crippen molar-refractivity contribution in [3.05, 3.63) is 63.6 Å². The van der Waals surface area contributed by atoms with E-state index in [0.717, 1.165) is 18.2 Å². The first-order valence-corrected chi connectivity index (χ1v) is 14.1. The summed E-state index contributed by atoms with van der Waals surface area (Å²) in [6.45, 7) is 6.28. The van der Waals surface area contributed by atoms with Crippen LogP contribution in [-0.2, 0) is 26.2 Å². The third-order valence-corrected chi connectivity index (χ3v) is 7.30. The Hall–Kier alpha value is -2.29. The van der Waals surface area contributed by atoms with Crippen LogP contribution in [0.4, 0.5) is 5.69 Å². The highest BCUT2D eigenvalue weighted by atomic mass is 35.5. The Balaban J connectivity index is 2.19. The number of amides is 2. The molecule has 2 aromatic rings. The molecule has 2 rings (SSSR count). The average Bonchev–Trinajstić information content (AvgIpc) is 2.78. The Morgan fingerprint density at radius 2 is 1.83 bits per heavy atom. The van der Waals surface area contributed by atoms with E-state index in [9.17, 15) is 18.0 Å². The van der Waals surface area contributed by atoms with E-state index in [-0.39, 0.29) is 37.7 Å². The molecule has 2 aromatic carbocycles. The van der Waals surface area contributed by atoms with Crippen LogP contribution in [0, 0.1) is 6.92 Å². The number of sulfonamides is 1. The van der Waals surface area contributed by atoms with Crippen LogP contribution >= 0.6 is 23.2 Å². The first kappa shape index (κ1) is 28.9. The highest BCUT2D eigenvalue weighted by molar-refractivity contribution is 7.92. The lowest BCUT2D eigenvalue weighted by molar-refractivity contribution is -0.140. The lowest BCUT2D eigenvalue weighted by Gasteiger charge is -2.29. The van der Waals surface area contributed by atoms with Crippen molar-refractivity contribution in [1.29, 1.82) is 0 Å². The zero-order chi connectivity index (χ0) is 26.2. The van der Waals surface area contributed by atoms with E-state index >= 15 is 0 Å². The topological polar surface area (TPSA) is 86.8 Å². The molecule has 1 atom stereocenters. The van der Waals surface area contributed by atoms with Gasteiger partial charge in [0.1, 0.15) is 6.04 Å². The zero-order valence-electron chi connectivity index (χ0n) is 20.6. The molecule has 0 heterocycles. The first-order chi connectivity index (χ1) is 16.4. The van der Waals surface area contributed by atoms with Gasteiger partial charge in [0.15, 0.2) is 0 Å². The largest absolute Gasteiger partial charge is 0.354 e. The molecule has 1 N–H and O–H groups in total. The molecule has 0 spiro atoms. The van der Waals surface area contributed by atoms with Gasteiger partial charge in [-0.25, -0.2) is 8.42 Å². The number of carbonyl (C=O) groups is 2. The number of hydrogen-bond donors (Lipinski definition) is 1. The van der Waals surface area contributed by atoms with E-state index in [1.165, 1.54) is 9.21 Å². The number of carbonyl (C=O) groups excluding carboxylic acids is 2. The summed E-state index contributed by atoms with van der Waals surface area (Å²) in [7, 11) is -3.54. The first-order valence-electron chi connectivity index (χ1n) is 11.5. The van der Waals surface area contributed by atoms with Gasteiger partial charge in [0, 0.05) is 36.1 Å². The highest BCUT2D eigenvalue weighted by Gasteiger charge is 2.27. The van der Waals surface area contributed by atoms with Gasteiger partial charge in [-0.05, 0) is 62.1 Å². The second kappa shape index (κ2) is 13.1. The summed E-state index contributed by atoms with van der Waals surface area (Å²) in [6, 6.07) is 11.5. The van der Waals surface area contributed by atoms with Crippen molar-refractivity contribution in [3.63, 3.8) is 0 Å². The molecule has 0 radical (unpaired) electrons. The quantitative estimate of drug-likeness (QED) is 0.418. The predicted octanol–water partition coefficient (Wildman–Crippen LogP) is 4.79. The molecule has 0 saturated heterocycles. The number of nitrogens with one attached hydrogen (secondary N) is 1. The summed E-state index contributed by atoms with van der Waals surface area (Å²) in [5.74, 6) is -0.532. The summed E-state index contributed by atoms with van der Waals surface area (Å²) < 4.78 is 26.1. The van der Waals surface area contributed by atoms with Crippen LogP contribution in [0.3, 0.4) is 0 Å². The second-order valence-electron chi connectivity index (χ2n) is 8.50. The van der Waals surface area contributed by atoms with Crippen LogP contribution in [-0.4, -0.2) is 50.5 Å². The summed E-state index contributed by atoms with van der Waals surface area (Å²) in [4.78, 5) is 27.4. The van der Waals surface area contributed by atoms with Gasteiger partial charge in [0.05, 0.1) is 11.9 Å². The molecule has 7 nitrogen and oxygen atoms in total. The summed E-state index contributed by atoms with van der Waals surface area (Å²) >= 11 is 12.3. The molecule has 0 aliphatic rings. The third kappa shape index (κ3) is 8.70. The summed E-state index contributed by atoms with van der Waals surface area (Å²) in [5.41, 5.74) is 2.15. The smallest absolute Gasteiger partial charge is 0.242 e. The van der Waals surface area contributed by atoms with E-state index < -0.39 is 16.1 Å². The van der Waals surface area contributed by atoms with Gasteiger partial charge in [-0.1, -0.05) is 48.3 Å². The molecular formula is C25H33Cl2N3O4S. The van der Waals surface area contributed by atoms with Gasteiger partial charge in [-0.3, -0.25) is 13.9 Å². The molecular weight excluding hydrogens is 509 g/mol. The molecule has 2 amide bonds. The molecule has 0 aromatic heterocycles. The molecule has 0 saturated carbocycles. The fourth-order valence-corrected chi connectivity index (χ4v) is 5.02. The SMILES string of the molecule is CCCNC(=O)[C@@H](C)N(Cc1ccc(Cl)cc1Cl)C(=O)CCCN(c1cccc(C)c1)S(C)(=O)=O. The van der Waals surface area contributed by atoms with E-state index in [1.807, 2.05) is 19.9 Å². The van der Waals surface area contributed by atoms with Crippen LogP contribution in [0.1, 0.15) is 44.2 Å². The van der Waals surface area contributed by atoms with Gasteiger partial charge >= 0.3 is 0 Å². The van der Waals surface area contributed by atoms with Crippen molar-refractivity contribution in [2.75, 3.05) is 23.7 Å². The maximum absolute atomic E-state index is 13.3. The lowest BCUT2D eigenvalue weighted by atomic mass is 10.1. The molecule has 0 aliphatic heterocycles.